The maximum atomic E-state index is 13.4. The monoisotopic (exact) mass is 502 g/mol. The molecule has 0 aliphatic heterocycles. The van der Waals surface area contributed by atoms with Gasteiger partial charge in [-0.15, -0.1) is 0 Å². The number of carboxylic acid groups (broad SMARTS) is 1. The zero-order valence-electron chi connectivity index (χ0n) is 21.3. The van der Waals surface area contributed by atoms with E-state index in [-0.39, 0.29) is 0 Å². The summed E-state index contributed by atoms with van der Waals surface area (Å²) < 4.78 is 0. The highest BCUT2D eigenvalue weighted by molar-refractivity contribution is 6.17. The Labute approximate surface area is 228 Å². The van der Waals surface area contributed by atoms with Gasteiger partial charge in [0, 0.05) is 11.1 Å². The SMILES string of the molecule is O=C(O)c1c(-c2ccccc2)c(-c2ccccc2)c(-c2ccccc2)c(-c2ccccc2)c1-c1ccccc1. The Balaban J connectivity index is 1.95. The van der Waals surface area contributed by atoms with E-state index in [9.17, 15) is 9.90 Å². The highest BCUT2D eigenvalue weighted by atomic mass is 16.4. The lowest BCUT2D eigenvalue weighted by atomic mass is 9.75. The van der Waals surface area contributed by atoms with Crippen LogP contribution >= 0.6 is 0 Å². The first kappa shape index (κ1) is 24.1. The third-order valence-corrected chi connectivity index (χ3v) is 7.03. The lowest BCUT2D eigenvalue weighted by molar-refractivity contribution is 0.0698. The van der Waals surface area contributed by atoms with Gasteiger partial charge in [0.25, 0.3) is 0 Å². The van der Waals surface area contributed by atoms with Crippen LogP contribution in [0, 0.1) is 0 Å². The predicted octanol–water partition coefficient (Wildman–Crippen LogP) is 9.72. The molecule has 6 aromatic carbocycles. The molecule has 0 spiro atoms. The van der Waals surface area contributed by atoms with Crippen molar-refractivity contribution in [2.24, 2.45) is 0 Å². The first-order valence-electron chi connectivity index (χ1n) is 13.0. The first-order valence-corrected chi connectivity index (χ1v) is 13.0. The lowest BCUT2D eigenvalue weighted by Crippen LogP contribution is -2.09. The minimum atomic E-state index is -0.957. The lowest BCUT2D eigenvalue weighted by Gasteiger charge is -2.27. The Morgan fingerprint density at radius 2 is 0.538 bits per heavy atom. The van der Waals surface area contributed by atoms with Gasteiger partial charge in [0.2, 0.25) is 0 Å². The number of carboxylic acids is 1. The van der Waals surface area contributed by atoms with Crippen LogP contribution in [0.3, 0.4) is 0 Å². The van der Waals surface area contributed by atoms with Crippen molar-refractivity contribution in [2.75, 3.05) is 0 Å². The highest BCUT2D eigenvalue weighted by Crippen LogP contribution is 2.52. The van der Waals surface area contributed by atoms with Crippen molar-refractivity contribution < 1.29 is 9.90 Å². The molecule has 186 valence electrons. The quantitative estimate of drug-likeness (QED) is 0.246. The normalized spacial score (nSPS) is 10.8. The Kier molecular flexibility index (Phi) is 6.59. The molecule has 0 heterocycles. The summed E-state index contributed by atoms with van der Waals surface area (Å²) in [5, 5.41) is 11.0. The number of rotatable bonds is 6. The van der Waals surface area contributed by atoms with E-state index in [1.54, 1.807) is 0 Å². The third-order valence-electron chi connectivity index (χ3n) is 7.03. The van der Waals surface area contributed by atoms with E-state index >= 15 is 0 Å². The summed E-state index contributed by atoms with van der Waals surface area (Å²) >= 11 is 0. The molecule has 0 amide bonds. The fourth-order valence-electron chi connectivity index (χ4n) is 5.43. The summed E-state index contributed by atoms with van der Waals surface area (Å²) in [6.45, 7) is 0. The van der Waals surface area contributed by atoms with Crippen LogP contribution in [0.4, 0.5) is 0 Å². The van der Waals surface area contributed by atoms with Crippen molar-refractivity contribution in [1.29, 1.82) is 0 Å². The largest absolute Gasteiger partial charge is 0.478 e. The molecule has 6 rings (SSSR count). The summed E-state index contributed by atoms with van der Waals surface area (Å²) in [7, 11) is 0. The van der Waals surface area contributed by atoms with Crippen LogP contribution in [0.15, 0.2) is 152 Å². The Hall–Kier alpha value is -5.21. The van der Waals surface area contributed by atoms with Crippen LogP contribution < -0.4 is 0 Å². The molecule has 0 aliphatic rings. The van der Waals surface area contributed by atoms with E-state index in [1.165, 1.54) is 0 Å². The van der Waals surface area contributed by atoms with Crippen molar-refractivity contribution in [3.63, 3.8) is 0 Å². The van der Waals surface area contributed by atoms with Gasteiger partial charge in [0.15, 0.2) is 0 Å². The van der Waals surface area contributed by atoms with Crippen molar-refractivity contribution in [2.45, 2.75) is 0 Å². The van der Waals surface area contributed by atoms with E-state index < -0.39 is 5.97 Å². The van der Waals surface area contributed by atoms with Gasteiger partial charge in [-0.1, -0.05) is 152 Å². The standard InChI is InChI=1S/C37H26O2/c38-37(39)36-34(29-22-12-4-13-23-29)32(27-18-8-2-9-19-27)31(26-16-6-1-7-17-26)33(28-20-10-3-11-21-28)35(36)30-24-14-5-15-25-30/h1-25H,(H,38,39). The summed E-state index contributed by atoms with van der Waals surface area (Å²) in [5.41, 5.74) is 9.24. The number of hydrogen-bond acceptors (Lipinski definition) is 1. The molecule has 39 heavy (non-hydrogen) atoms. The maximum absolute atomic E-state index is 13.4. The zero-order chi connectivity index (χ0) is 26.6. The van der Waals surface area contributed by atoms with Crippen molar-refractivity contribution in [3.8, 4) is 55.6 Å². The molecule has 0 radical (unpaired) electrons. The molecule has 0 bridgehead atoms. The molecule has 0 atom stereocenters. The molecule has 0 aromatic heterocycles. The van der Waals surface area contributed by atoms with Crippen molar-refractivity contribution in [3.05, 3.63) is 157 Å². The Morgan fingerprint density at radius 3 is 0.769 bits per heavy atom. The Bertz CT molecular complexity index is 1620. The fourth-order valence-corrected chi connectivity index (χ4v) is 5.43. The first-order chi connectivity index (χ1) is 19.2. The number of aromatic carboxylic acids is 1. The topological polar surface area (TPSA) is 37.3 Å². The molecule has 0 aliphatic carbocycles. The molecule has 1 N–H and O–H groups in total. The average Bonchev–Trinajstić information content (AvgIpc) is 3.01. The van der Waals surface area contributed by atoms with Crippen LogP contribution in [0.1, 0.15) is 10.4 Å². The van der Waals surface area contributed by atoms with Crippen LogP contribution in [0.2, 0.25) is 0 Å². The second kappa shape index (κ2) is 10.6. The average molecular weight is 503 g/mol. The van der Waals surface area contributed by atoms with Gasteiger partial charge in [-0.05, 0) is 44.5 Å². The van der Waals surface area contributed by atoms with Gasteiger partial charge in [0.05, 0.1) is 5.56 Å². The maximum Gasteiger partial charge on any atom is 0.337 e. The third kappa shape index (κ3) is 4.54. The minimum absolute atomic E-state index is 0.296. The predicted molar refractivity (Wildman–Crippen MR) is 161 cm³/mol. The fraction of sp³-hybridized carbons (Fsp3) is 0. The summed E-state index contributed by atoms with van der Waals surface area (Å²) in [4.78, 5) is 13.4. The molecule has 0 saturated carbocycles. The van der Waals surface area contributed by atoms with Crippen LogP contribution in [0.25, 0.3) is 55.6 Å². The second-order valence-corrected chi connectivity index (χ2v) is 9.39. The van der Waals surface area contributed by atoms with Gasteiger partial charge >= 0.3 is 5.97 Å². The molecule has 0 unspecified atom stereocenters. The van der Waals surface area contributed by atoms with Crippen molar-refractivity contribution in [1.82, 2.24) is 0 Å². The summed E-state index contributed by atoms with van der Waals surface area (Å²) in [6, 6.07) is 50.3. The zero-order valence-corrected chi connectivity index (χ0v) is 21.3. The molecule has 0 saturated heterocycles. The summed E-state index contributed by atoms with van der Waals surface area (Å²) in [5.74, 6) is -0.957. The van der Waals surface area contributed by atoms with Gasteiger partial charge in [-0.3, -0.25) is 0 Å². The van der Waals surface area contributed by atoms with Crippen LogP contribution in [-0.2, 0) is 0 Å². The minimum Gasteiger partial charge on any atom is -0.478 e. The van der Waals surface area contributed by atoms with E-state index in [2.05, 4.69) is 36.4 Å². The Morgan fingerprint density at radius 1 is 0.333 bits per heavy atom. The summed E-state index contributed by atoms with van der Waals surface area (Å²) in [6.07, 6.45) is 0. The van der Waals surface area contributed by atoms with Crippen molar-refractivity contribution >= 4 is 5.97 Å². The smallest absolute Gasteiger partial charge is 0.337 e. The molecule has 2 nitrogen and oxygen atoms in total. The highest BCUT2D eigenvalue weighted by Gasteiger charge is 2.30. The van der Waals surface area contributed by atoms with E-state index in [1.807, 2.05) is 115 Å². The van der Waals surface area contributed by atoms with Crippen LogP contribution in [0.5, 0.6) is 0 Å². The van der Waals surface area contributed by atoms with Gasteiger partial charge < -0.3 is 5.11 Å². The molecular weight excluding hydrogens is 476 g/mol. The van der Waals surface area contributed by atoms with E-state index in [4.69, 9.17) is 0 Å². The van der Waals surface area contributed by atoms with E-state index in [0.717, 1.165) is 44.5 Å². The van der Waals surface area contributed by atoms with E-state index in [0.29, 0.717) is 16.7 Å². The molecule has 6 aromatic rings. The second-order valence-electron chi connectivity index (χ2n) is 9.39. The number of benzene rings is 6. The van der Waals surface area contributed by atoms with Gasteiger partial charge in [0.1, 0.15) is 0 Å². The number of carbonyl (C=O) groups is 1. The molecular formula is C37H26O2. The van der Waals surface area contributed by atoms with Gasteiger partial charge in [-0.2, -0.15) is 0 Å². The molecule has 0 fully saturated rings. The number of hydrogen-bond donors (Lipinski definition) is 1. The van der Waals surface area contributed by atoms with Gasteiger partial charge in [-0.25, -0.2) is 4.79 Å². The molecule has 2 heteroatoms. The van der Waals surface area contributed by atoms with Crippen LogP contribution in [-0.4, -0.2) is 11.1 Å².